The molecule has 0 bridgehead atoms. The van der Waals surface area contributed by atoms with Gasteiger partial charge in [0.15, 0.2) is 5.84 Å². The van der Waals surface area contributed by atoms with Gasteiger partial charge in [-0.25, -0.2) is 9.98 Å². The van der Waals surface area contributed by atoms with E-state index in [4.69, 9.17) is 18.8 Å². The van der Waals surface area contributed by atoms with E-state index in [2.05, 4.69) is 174 Å². The highest BCUT2D eigenvalue weighted by Gasteiger charge is 2.28. The first-order valence-corrected chi connectivity index (χ1v) is 23.7. The van der Waals surface area contributed by atoms with Crippen molar-refractivity contribution >= 4 is 120 Å². The predicted molar refractivity (Wildman–Crippen MR) is 283 cm³/mol. The van der Waals surface area contributed by atoms with E-state index in [-0.39, 0.29) is 0 Å². The molecule has 0 amide bonds. The van der Waals surface area contributed by atoms with E-state index in [0.29, 0.717) is 11.7 Å². The molecule has 7 heteroatoms. The Bertz CT molecular complexity index is 4510. The molecule has 0 radical (unpaired) electrons. The minimum Gasteiger partial charge on any atom is -0.456 e. The molecule has 0 saturated heterocycles. The number of fused-ring (bicyclic) bond motifs is 13. The maximum absolute atomic E-state index is 6.46. The van der Waals surface area contributed by atoms with E-state index >= 15 is 0 Å². The van der Waals surface area contributed by atoms with E-state index < -0.39 is 6.17 Å². The molecule has 5 heterocycles. The summed E-state index contributed by atoms with van der Waals surface area (Å²) in [6.45, 7) is 0. The summed E-state index contributed by atoms with van der Waals surface area (Å²) < 4.78 is 17.8. The number of hydrogen-bond acceptors (Lipinski definition) is 6. The first-order chi connectivity index (χ1) is 33.7. The second kappa shape index (κ2) is 14.4. The van der Waals surface area contributed by atoms with Crippen LogP contribution < -0.4 is 5.32 Å². The molecule has 1 atom stereocenters. The van der Waals surface area contributed by atoms with Crippen molar-refractivity contribution in [3.8, 4) is 16.8 Å². The molecule has 15 rings (SSSR count). The number of amidine groups is 2. The van der Waals surface area contributed by atoms with Gasteiger partial charge in [0.05, 0.1) is 11.0 Å². The molecule has 1 N–H and O–H groups in total. The van der Waals surface area contributed by atoms with Crippen molar-refractivity contribution in [3.05, 3.63) is 223 Å². The first-order valence-electron chi connectivity index (χ1n) is 22.9. The zero-order valence-electron chi connectivity index (χ0n) is 36.3. The standard InChI is InChI=1S/C61H36N4O2S/c1-2-15-36-33-49-47(32-35(36)14-1)38-16-3-7-23-48(38)65(49)37-30-31-40(46(34-37)39-20-13-29-55-58(39)43-19-6-10-28-54(43)68-55)59-62-60(44-21-11-26-52-56(44)41-17-4-8-24-50(41)66-52)64-61(63-59)45-22-12-27-53-57(45)42-18-5-9-25-51(42)67-53/h1-34,60H,(H,62,63,64). The van der Waals surface area contributed by atoms with Gasteiger partial charge in [-0.1, -0.05) is 133 Å². The molecule has 0 spiro atoms. The van der Waals surface area contributed by atoms with Gasteiger partial charge in [-0.15, -0.1) is 11.3 Å². The quantitative estimate of drug-likeness (QED) is 0.187. The van der Waals surface area contributed by atoms with Crippen molar-refractivity contribution < 1.29 is 8.83 Å². The molecule has 0 aliphatic carbocycles. The summed E-state index contributed by atoms with van der Waals surface area (Å²) >= 11 is 1.83. The molecule has 0 saturated carbocycles. The molecule has 1 aliphatic heterocycles. The lowest BCUT2D eigenvalue weighted by Gasteiger charge is -2.25. The van der Waals surface area contributed by atoms with Crippen molar-refractivity contribution in [1.82, 2.24) is 9.88 Å². The maximum Gasteiger partial charge on any atom is 0.160 e. The molecule has 14 aromatic rings. The second-order valence-electron chi connectivity index (χ2n) is 17.6. The molecule has 1 aliphatic rings. The number of para-hydroxylation sites is 3. The van der Waals surface area contributed by atoms with E-state index in [1.807, 2.05) is 53.8 Å². The molecule has 318 valence electrons. The second-order valence-corrected chi connectivity index (χ2v) is 18.7. The summed E-state index contributed by atoms with van der Waals surface area (Å²) in [6.07, 6.45) is -0.522. The largest absolute Gasteiger partial charge is 0.456 e. The highest BCUT2D eigenvalue weighted by molar-refractivity contribution is 7.25. The van der Waals surface area contributed by atoms with E-state index in [1.54, 1.807) is 0 Å². The first kappa shape index (κ1) is 37.4. The predicted octanol–water partition coefficient (Wildman–Crippen LogP) is 16.3. The summed E-state index contributed by atoms with van der Waals surface area (Å²) in [7, 11) is 0. The zero-order valence-corrected chi connectivity index (χ0v) is 37.1. The normalized spacial score (nSPS) is 14.3. The number of nitrogens with one attached hydrogen (secondary N) is 1. The van der Waals surface area contributed by atoms with E-state index in [1.165, 1.54) is 41.7 Å². The molecular weight excluding hydrogens is 853 g/mol. The molecule has 10 aromatic carbocycles. The molecule has 4 aromatic heterocycles. The highest BCUT2D eigenvalue weighted by Crippen LogP contribution is 2.44. The van der Waals surface area contributed by atoms with Crippen LogP contribution in [0.4, 0.5) is 0 Å². The average molecular weight is 889 g/mol. The summed E-state index contributed by atoms with van der Waals surface area (Å²) in [6, 6.07) is 73.3. The van der Waals surface area contributed by atoms with Gasteiger partial charge < -0.3 is 18.7 Å². The number of furan rings is 2. The Balaban J connectivity index is 1.03. The lowest BCUT2D eigenvalue weighted by molar-refractivity contribution is 0.662. The highest BCUT2D eigenvalue weighted by atomic mass is 32.1. The van der Waals surface area contributed by atoms with Gasteiger partial charge >= 0.3 is 0 Å². The number of benzene rings is 10. The van der Waals surface area contributed by atoms with Crippen LogP contribution in [-0.2, 0) is 0 Å². The van der Waals surface area contributed by atoms with Crippen molar-refractivity contribution in [2.24, 2.45) is 9.98 Å². The van der Waals surface area contributed by atoms with Crippen molar-refractivity contribution in [1.29, 1.82) is 0 Å². The Morgan fingerprint density at radius 1 is 0.426 bits per heavy atom. The fourth-order valence-electron chi connectivity index (χ4n) is 10.9. The van der Waals surface area contributed by atoms with Gasteiger partial charge in [0.2, 0.25) is 0 Å². The SMILES string of the molecule is c1ccc2cc3c(cc2c1)c1ccccc1n3-c1ccc(C2=NC(c3cccc4oc5ccccc5c34)NC(c3cccc4oc5ccccc5c34)=N2)c(-c2cccc3sc4ccccc4c23)c1. The van der Waals surface area contributed by atoms with Crippen LogP contribution in [0.2, 0.25) is 0 Å². The van der Waals surface area contributed by atoms with E-state index in [9.17, 15) is 0 Å². The Morgan fingerprint density at radius 2 is 1.06 bits per heavy atom. The van der Waals surface area contributed by atoms with Gasteiger partial charge in [0.1, 0.15) is 34.3 Å². The number of aromatic nitrogens is 1. The molecule has 1 unspecified atom stereocenters. The van der Waals surface area contributed by atoms with Crippen LogP contribution in [-0.4, -0.2) is 16.2 Å². The van der Waals surface area contributed by atoms with Gasteiger partial charge in [-0.2, -0.15) is 0 Å². The number of aliphatic imine (C=N–C) groups is 2. The third-order valence-corrected chi connectivity index (χ3v) is 15.0. The number of thiophene rings is 1. The fraction of sp³-hybridized carbons (Fsp3) is 0.0164. The van der Waals surface area contributed by atoms with Gasteiger partial charge in [0.25, 0.3) is 0 Å². The van der Waals surface area contributed by atoms with Crippen LogP contribution in [0.25, 0.3) is 113 Å². The number of nitrogens with zero attached hydrogens (tertiary/aromatic N) is 3. The van der Waals surface area contributed by atoms with Crippen LogP contribution >= 0.6 is 11.3 Å². The van der Waals surface area contributed by atoms with Gasteiger partial charge in [-0.05, 0) is 94.7 Å². The summed E-state index contributed by atoms with van der Waals surface area (Å²) in [5.41, 5.74) is 11.7. The Kier molecular flexibility index (Phi) is 7.91. The smallest absolute Gasteiger partial charge is 0.160 e. The van der Waals surface area contributed by atoms with Gasteiger partial charge in [0, 0.05) is 74.9 Å². The van der Waals surface area contributed by atoms with Crippen LogP contribution in [0.15, 0.2) is 225 Å². The summed E-state index contributed by atoms with van der Waals surface area (Å²) in [5.74, 6) is 1.34. The minimum absolute atomic E-state index is 0.522. The van der Waals surface area contributed by atoms with Crippen molar-refractivity contribution in [2.45, 2.75) is 6.17 Å². The van der Waals surface area contributed by atoms with Crippen molar-refractivity contribution in [3.63, 3.8) is 0 Å². The van der Waals surface area contributed by atoms with Crippen LogP contribution in [0, 0.1) is 0 Å². The monoisotopic (exact) mass is 888 g/mol. The number of hydrogen-bond donors (Lipinski definition) is 1. The minimum atomic E-state index is -0.522. The summed E-state index contributed by atoms with van der Waals surface area (Å²) in [4.78, 5) is 11.2. The Morgan fingerprint density at radius 3 is 1.90 bits per heavy atom. The van der Waals surface area contributed by atoms with Crippen LogP contribution in [0.3, 0.4) is 0 Å². The summed E-state index contributed by atoms with van der Waals surface area (Å²) in [5, 5.41) is 15.3. The maximum atomic E-state index is 6.46. The molecule has 6 nitrogen and oxygen atoms in total. The third kappa shape index (κ3) is 5.51. The van der Waals surface area contributed by atoms with E-state index in [0.717, 1.165) is 88.4 Å². The fourth-order valence-corrected chi connectivity index (χ4v) is 12.0. The Hall–Kier alpha value is -8.78. The van der Waals surface area contributed by atoms with Crippen LogP contribution in [0.5, 0.6) is 0 Å². The molecular formula is C61H36N4O2S. The average Bonchev–Trinajstić information content (AvgIpc) is 4.16. The molecule has 68 heavy (non-hydrogen) atoms. The lowest BCUT2D eigenvalue weighted by atomic mass is 9.93. The molecule has 0 fully saturated rings. The Labute approximate surface area is 392 Å². The lowest BCUT2D eigenvalue weighted by Crippen LogP contribution is -2.34. The zero-order chi connectivity index (χ0) is 44.5. The van der Waals surface area contributed by atoms with Crippen LogP contribution in [0.1, 0.15) is 22.9 Å². The van der Waals surface area contributed by atoms with Gasteiger partial charge in [-0.3, -0.25) is 0 Å². The third-order valence-electron chi connectivity index (χ3n) is 13.9. The van der Waals surface area contributed by atoms with Crippen molar-refractivity contribution in [2.75, 3.05) is 0 Å². The topological polar surface area (TPSA) is 68.0 Å². The number of rotatable bonds is 5.